The summed E-state index contributed by atoms with van der Waals surface area (Å²) in [5.74, 6) is -0.707. The van der Waals surface area contributed by atoms with Gasteiger partial charge in [0.2, 0.25) is 11.3 Å². The van der Waals surface area contributed by atoms with Crippen LogP contribution >= 0.6 is 11.3 Å². The van der Waals surface area contributed by atoms with E-state index in [1.807, 2.05) is 12.1 Å². The molecule has 2 aromatic heterocycles. The molecule has 1 aliphatic carbocycles. The van der Waals surface area contributed by atoms with Gasteiger partial charge >= 0.3 is 0 Å². The third kappa shape index (κ3) is 3.93. The first-order valence-corrected chi connectivity index (χ1v) is 10.6. The highest BCUT2D eigenvalue weighted by atomic mass is 32.1. The lowest BCUT2D eigenvalue weighted by Crippen LogP contribution is -2.20. The molecule has 150 valence electrons. The molecule has 0 bridgehead atoms. The van der Waals surface area contributed by atoms with E-state index in [1.165, 1.54) is 17.5 Å². The average Bonchev–Trinajstić information content (AvgIpc) is 2.88. The number of thiophene rings is 1. The van der Waals surface area contributed by atoms with E-state index < -0.39 is 5.91 Å². The number of carbonyl (C=O) groups excluding carboxylic acids is 2. The maximum Gasteiger partial charge on any atom is 0.251 e. The second kappa shape index (κ2) is 8.16. The van der Waals surface area contributed by atoms with E-state index in [2.05, 4.69) is 10.4 Å². The molecular weight excluding hydrogens is 388 g/mol. The van der Waals surface area contributed by atoms with Crippen molar-refractivity contribution in [3.05, 3.63) is 56.7 Å². The minimum atomic E-state index is -0.493. The van der Waals surface area contributed by atoms with Crippen molar-refractivity contribution in [3.8, 4) is 0 Å². The molecule has 3 aromatic rings. The van der Waals surface area contributed by atoms with E-state index in [0.29, 0.717) is 28.0 Å². The van der Waals surface area contributed by atoms with E-state index in [9.17, 15) is 14.4 Å². The number of carbonyl (C=O) groups is 2. The Bertz CT molecular complexity index is 1150. The van der Waals surface area contributed by atoms with Crippen LogP contribution < -0.4 is 16.5 Å². The fourth-order valence-corrected chi connectivity index (χ4v) is 5.14. The molecule has 7 nitrogen and oxygen atoms in total. The van der Waals surface area contributed by atoms with Gasteiger partial charge in [0.15, 0.2) is 0 Å². The number of primary amides is 1. The number of hydrogen-bond donors (Lipinski definition) is 2. The number of aryl methyl sites for hydroxylation is 2. The lowest BCUT2D eigenvalue weighted by Gasteiger charge is -2.10. The molecule has 0 unspecified atom stereocenters. The molecular formula is C21H22N4O3S. The number of amides is 2. The number of nitrogens with one attached hydrogen (secondary N) is 1. The van der Waals surface area contributed by atoms with Crippen LogP contribution in [0.1, 0.15) is 46.5 Å². The summed E-state index contributed by atoms with van der Waals surface area (Å²) in [5.41, 5.74) is 7.63. The molecule has 0 aliphatic heterocycles. The van der Waals surface area contributed by atoms with Crippen LogP contribution in [0.15, 0.2) is 35.3 Å². The number of nitrogens with zero attached hydrogens (tertiary/aromatic N) is 2. The van der Waals surface area contributed by atoms with Gasteiger partial charge in [-0.05, 0) is 43.4 Å². The molecule has 29 heavy (non-hydrogen) atoms. The van der Waals surface area contributed by atoms with Crippen LogP contribution in [0, 0.1) is 0 Å². The van der Waals surface area contributed by atoms with E-state index >= 15 is 0 Å². The number of nitrogens with two attached hydrogens (primary N) is 1. The minimum Gasteiger partial charge on any atom is -0.365 e. The Kier molecular flexibility index (Phi) is 5.44. The van der Waals surface area contributed by atoms with Gasteiger partial charge in [0.25, 0.3) is 5.91 Å². The number of rotatable bonds is 5. The van der Waals surface area contributed by atoms with Crippen molar-refractivity contribution in [1.29, 1.82) is 0 Å². The van der Waals surface area contributed by atoms with E-state index in [4.69, 9.17) is 5.73 Å². The molecule has 2 amide bonds. The number of para-hydroxylation sites is 1. The van der Waals surface area contributed by atoms with Gasteiger partial charge < -0.3 is 11.1 Å². The first-order valence-electron chi connectivity index (χ1n) is 9.73. The fraction of sp³-hybridized carbons (Fsp3) is 0.333. The van der Waals surface area contributed by atoms with Crippen LogP contribution in [0.5, 0.6) is 0 Å². The summed E-state index contributed by atoms with van der Waals surface area (Å²) in [7, 11) is 0. The molecule has 0 saturated carbocycles. The number of hydrogen-bond acceptors (Lipinski definition) is 5. The Morgan fingerprint density at radius 3 is 2.79 bits per heavy atom. The molecule has 0 atom stereocenters. The fourth-order valence-electron chi connectivity index (χ4n) is 3.83. The Labute approximate surface area is 171 Å². The Morgan fingerprint density at radius 2 is 1.97 bits per heavy atom. The SMILES string of the molecule is NC(=O)c1c(NC(=O)CCn2ncc(=O)c3ccccc32)sc2c1CCCCC2. The number of aromatic nitrogens is 2. The molecule has 0 spiro atoms. The van der Waals surface area contributed by atoms with Gasteiger partial charge in [-0.25, -0.2) is 0 Å². The van der Waals surface area contributed by atoms with Crippen molar-refractivity contribution in [2.75, 3.05) is 5.32 Å². The summed E-state index contributed by atoms with van der Waals surface area (Å²) in [6.07, 6.45) is 6.44. The van der Waals surface area contributed by atoms with Gasteiger partial charge in [-0.15, -0.1) is 11.3 Å². The largest absolute Gasteiger partial charge is 0.365 e. The van der Waals surface area contributed by atoms with Crippen molar-refractivity contribution in [2.24, 2.45) is 5.73 Å². The van der Waals surface area contributed by atoms with Gasteiger partial charge in [-0.2, -0.15) is 5.10 Å². The van der Waals surface area contributed by atoms with Crippen LogP contribution in [-0.2, 0) is 24.2 Å². The van der Waals surface area contributed by atoms with Crippen LogP contribution in [0.2, 0.25) is 0 Å². The van der Waals surface area contributed by atoms with Gasteiger partial charge in [-0.3, -0.25) is 19.1 Å². The first-order chi connectivity index (χ1) is 14.0. The summed E-state index contributed by atoms with van der Waals surface area (Å²) >= 11 is 1.46. The predicted molar refractivity (Wildman–Crippen MR) is 113 cm³/mol. The van der Waals surface area contributed by atoms with Gasteiger partial charge in [0, 0.05) is 16.7 Å². The van der Waals surface area contributed by atoms with Crippen LogP contribution in [0.4, 0.5) is 5.00 Å². The summed E-state index contributed by atoms with van der Waals surface area (Å²) in [6.45, 7) is 0.323. The number of benzene rings is 1. The molecule has 1 aromatic carbocycles. The molecule has 3 N–H and O–H groups in total. The maximum absolute atomic E-state index is 12.6. The molecule has 1 aliphatic rings. The standard InChI is InChI=1S/C21H22N4O3S/c22-20(28)19-14-7-2-1-3-9-17(14)29-21(19)24-18(27)10-11-25-15-8-5-4-6-13(15)16(26)12-23-25/h4-6,8,12H,1-3,7,9-11H2,(H2,22,28)(H,24,27). The second-order valence-corrected chi connectivity index (χ2v) is 8.29. The summed E-state index contributed by atoms with van der Waals surface area (Å²) in [5, 5.41) is 8.14. The zero-order valence-electron chi connectivity index (χ0n) is 15.9. The monoisotopic (exact) mass is 410 g/mol. The molecule has 0 saturated heterocycles. The molecule has 8 heteroatoms. The summed E-state index contributed by atoms with van der Waals surface area (Å²) < 4.78 is 1.65. The normalized spacial score (nSPS) is 13.7. The molecule has 0 radical (unpaired) electrons. The van der Waals surface area contributed by atoms with Crippen molar-refractivity contribution in [3.63, 3.8) is 0 Å². The lowest BCUT2D eigenvalue weighted by atomic mass is 10.1. The smallest absolute Gasteiger partial charge is 0.251 e. The van der Waals surface area contributed by atoms with Crippen molar-refractivity contribution < 1.29 is 9.59 Å². The highest BCUT2D eigenvalue weighted by Gasteiger charge is 2.24. The third-order valence-electron chi connectivity index (χ3n) is 5.23. The van der Waals surface area contributed by atoms with Gasteiger partial charge in [0.1, 0.15) is 5.00 Å². The topological polar surface area (TPSA) is 107 Å². The Morgan fingerprint density at radius 1 is 1.17 bits per heavy atom. The third-order valence-corrected chi connectivity index (χ3v) is 6.44. The maximum atomic E-state index is 12.6. The number of anilines is 1. The van der Waals surface area contributed by atoms with E-state index in [0.717, 1.165) is 42.5 Å². The lowest BCUT2D eigenvalue weighted by molar-refractivity contribution is -0.116. The van der Waals surface area contributed by atoms with Crippen LogP contribution in [0.25, 0.3) is 10.9 Å². The van der Waals surface area contributed by atoms with E-state index in [1.54, 1.807) is 16.8 Å². The highest BCUT2D eigenvalue weighted by Crippen LogP contribution is 2.37. The van der Waals surface area contributed by atoms with Gasteiger partial charge in [0.05, 0.1) is 23.8 Å². The summed E-state index contributed by atoms with van der Waals surface area (Å²) in [6, 6.07) is 7.18. The zero-order chi connectivity index (χ0) is 20.4. The van der Waals surface area contributed by atoms with Crippen LogP contribution in [-0.4, -0.2) is 21.6 Å². The van der Waals surface area contributed by atoms with Crippen LogP contribution in [0.3, 0.4) is 0 Å². The molecule has 0 fully saturated rings. The Balaban J connectivity index is 1.52. The predicted octanol–water partition coefficient (Wildman–Crippen LogP) is 2.85. The quantitative estimate of drug-likeness (QED) is 0.631. The summed E-state index contributed by atoms with van der Waals surface area (Å²) in [4.78, 5) is 37.7. The zero-order valence-corrected chi connectivity index (χ0v) is 16.8. The molecule has 4 rings (SSSR count). The van der Waals surface area contributed by atoms with Crippen molar-refractivity contribution in [2.45, 2.75) is 45.1 Å². The Hall–Kier alpha value is -3.00. The van der Waals surface area contributed by atoms with Gasteiger partial charge in [-0.1, -0.05) is 18.6 Å². The van der Waals surface area contributed by atoms with Crippen molar-refractivity contribution >= 4 is 39.1 Å². The minimum absolute atomic E-state index is 0.146. The second-order valence-electron chi connectivity index (χ2n) is 7.18. The average molecular weight is 410 g/mol. The number of fused-ring (bicyclic) bond motifs is 2. The molecule has 2 heterocycles. The first kappa shape index (κ1) is 19.3. The highest BCUT2D eigenvalue weighted by molar-refractivity contribution is 7.17. The van der Waals surface area contributed by atoms with E-state index in [-0.39, 0.29) is 17.8 Å². The van der Waals surface area contributed by atoms with Crippen molar-refractivity contribution in [1.82, 2.24) is 9.78 Å².